The van der Waals surface area contributed by atoms with Gasteiger partial charge in [-0.05, 0) is 24.3 Å². The Morgan fingerprint density at radius 2 is 1.85 bits per heavy atom. The van der Waals surface area contributed by atoms with Crippen molar-refractivity contribution in [2.24, 2.45) is 0 Å². The summed E-state index contributed by atoms with van der Waals surface area (Å²) in [4.78, 5) is 12.5. The van der Waals surface area contributed by atoms with E-state index in [9.17, 15) is 9.90 Å². The van der Waals surface area contributed by atoms with Crippen LogP contribution in [0.3, 0.4) is 0 Å². The molecule has 2 heterocycles. The molecule has 0 unspecified atom stereocenters. The minimum Gasteiger partial charge on any atom is -0.493 e. The average molecular weight is 266 g/mol. The number of hydrogen-bond donors (Lipinski definition) is 1. The van der Waals surface area contributed by atoms with Crippen molar-refractivity contribution in [2.75, 3.05) is 0 Å². The van der Waals surface area contributed by atoms with Crippen molar-refractivity contribution in [1.29, 1.82) is 0 Å². The molecule has 100 valence electrons. The summed E-state index contributed by atoms with van der Waals surface area (Å²) < 4.78 is 3.11. The number of aromatic nitrogens is 2. The van der Waals surface area contributed by atoms with Crippen LogP contribution in [0, 0.1) is 0 Å². The van der Waals surface area contributed by atoms with Gasteiger partial charge in [0.15, 0.2) is 0 Å². The first kappa shape index (κ1) is 11.3. The Balaban J connectivity index is 2.09. The lowest BCUT2D eigenvalue weighted by molar-refractivity contribution is 0.435. The van der Waals surface area contributed by atoms with Gasteiger partial charge in [0, 0.05) is 11.9 Å². The fourth-order valence-electron chi connectivity index (χ4n) is 3.08. The second kappa shape index (κ2) is 4.00. The van der Waals surface area contributed by atoms with Crippen LogP contribution in [0.25, 0.3) is 16.5 Å². The third-order valence-electron chi connectivity index (χ3n) is 4.02. The third kappa shape index (κ3) is 1.39. The molecule has 4 rings (SSSR count). The Kier molecular flexibility index (Phi) is 2.27. The maximum Gasteiger partial charge on any atom is 0.335 e. The van der Waals surface area contributed by atoms with E-state index in [1.54, 1.807) is 4.57 Å². The summed E-state index contributed by atoms with van der Waals surface area (Å²) in [5, 5.41) is 12.4. The predicted molar refractivity (Wildman–Crippen MR) is 77.5 cm³/mol. The largest absolute Gasteiger partial charge is 0.493 e. The summed E-state index contributed by atoms with van der Waals surface area (Å²) >= 11 is 0. The Hall–Kier alpha value is -2.49. The predicted octanol–water partition coefficient (Wildman–Crippen LogP) is 2.44. The van der Waals surface area contributed by atoms with Gasteiger partial charge in [-0.2, -0.15) is 0 Å². The quantitative estimate of drug-likeness (QED) is 0.735. The van der Waals surface area contributed by atoms with E-state index in [0.717, 1.165) is 35.0 Å². The van der Waals surface area contributed by atoms with E-state index in [1.165, 1.54) is 4.57 Å². The van der Waals surface area contributed by atoms with Gasteiger partial charge in [0.1, 0.15) is 0 Å². The highest BCUT2D eigenvalue weighted by atomic mass is 16.3. The molecule has 0 bridgehead atoms. The van der Waals surface area contributed by atoms with Crippen molar-refractivity contribution in [2.45, 2.75) is 19.4 Å². The van der Waals surface area contributed by atoms with Crippen LogP contribution in [0.1, 0.15) is 12.1 Å². The molecule has 0 amide bonds. The van der Waals surface area contributed by atoms with Crippen molar-refractivity contribution in [1.82, 2.24) is 9.13 Å². The molecule has 4 heteroatoms. The summed E-state index contributed by atoms with van der Waals surface area (Å²) in [6.07, 6.45) is 1.69. The van der Waals surface area contributed by atoms with E-state index in [4.69, 9.17) is 0 Å². The Bertz CT molecular complexity index is 869. The molecule has 4 nitrogen and oxygen atoms in total. The molecule has 1 N–H and O–H groups in total. The second-order valence-corrected chi connectivity index (χ2v) is 5.14. The highest BCUT2D eigenvalue weighted by Crippen LogP contribution is 2.29. The molecule has 3 aromatic rings. The van der Waals surface area contributed by atoms with Crippen LogP contribution in [0.2, 0.25) is 0 Å². The molecular formula is C16H14N2O2. The van der Waals surface area contributed by atoms with Crippen LogP contribution in [-0.4, -0.2) is 14.2 Å². The first-order valence-corrected chi connectivity index (χ1v) is 6.79. The van der Waals surface area contributed by atoms with Gasteiger partial charge in [-0.1, -0.05) is 36.4 Å². The monoisotopic (exact) mass is 266 g/mol. The second-order valence-electron chi connectivity index (χ2n) is 5.14. The van der Waals surface area contributed by atoms with Crippen molar-refractivity contribution in [3.05, 3.63) is 58.6 Å². The Labute approximate surface area is 115 Å². The fourth-order valence-corrected chi connectivity index (χ4v) is 3.08. The van der Waals surface area contributed by atoms with Crippen molar-refractivity contribution >= 4 is 10.8 Å². The third-order valence-corrected chi connectivity index (χ3v) is 4.02. The molecule has 1 aromatic heterocycles. The van der Waals surface area contributed by atoms with Crippen LogP contribution in [0.4, 0.5) is 0 Å². The van der Waals surface area contributed by atoms with E-state index in [-0.39, 0.29) is 11.6 Å². The molecule has 0 spiro atoms. The summed E-state index contributed by atoms with van der Waals surface area (Å²) in [5.41, 5.74) is 1.35. The first-order valence-electron chi connectivity index (χ1n) is 6.79. The van der Waals surface area contributed by atoms with Crippen molar-refractivity contribution in [3.8, 4) is 11.6 Å². The number of rotatable bonds is 1. The Morgan fingerprint density at radius 3 is 2.70 bits per heavy atom. The Morgan fingerprint density at radius 1 is 1.05 bits per heavy atom. The highest BCUT2D eigenvalue weighted by Gasteiger charge is 2.24. The van der Waals surface area contributed by atoms with E-state index >= 15 is 0 Å². The zero-order valence-corrected chi connectivity index (χ0v) is 10.9. The number of imidazole rings is 1. The average Bonchev–Trinajstić information content (AvgIpc) is 3.04. The minimum absolute atomic E-state index is 0.0869. The molecule has 1 aliphatic rings. The number of aromatic hydroxyl groups is 1. The van der Waals surface area contributed by atoms with Gasteiger partial charge in [-0.25, -0.2) is 9.36 Å². The molecule has 20 heavy (non-hydrogen) atoms. The van der Waals surface area contributed by atoms with Crippen LogP contribution >= 0.6 is 0 Å². The van der Waals surface area contributed by atoms with Crippen LogP contribution < -0.4 is 5.69 Å². The first-order chi connectivity index (χ1) is 9.77. The summed E-state index contributed by atoms with van der Waals surface area (Å²) in [5.74, 6) is 0.0869. The van der Waals surface area contributed by atoms with Gasteiger partial charge < -0.3 is 5.11 Å². The molecule has 0 atom stereocenters. The molecule has 0 fully saturated rings. The number of fused-ring (bicyclic) bond motifs is 2. The summed E-state index contributed by atoms with van der Waals surface area (Å²) in [6, 6.07) is 13.7. The van der Waals surface area contributed by atoms with Gasteiger partial charge >= 0.3 is 5.69 Å². The molecule has 0 radical (unpaired) electrons. The molecule has 0 saturated heterocycles. The van der Waals surface area contributed by atoms with Gasteiger partial charge in [-0.15, -0.1) is 0 Å². The molecule has 0 saturated carbocycles. The van der Waals surface area contributed by atoms with Gasteiger partial charge in [0.25, 0.3) is 0 Å². The van der Waals surface area contributed by atoms with Gasteiger partial charge in [0.2, 0.25) is 5.88 Å². The van der Waals surface area contributed by atoms with E-state index in [1.807, 2.05) is 42.5 Å². The SMILES string of the molecule is O=c1n2c(c(O)n1-c1cccc3ccccc13)CCC2. The van der Waals surface area contributed by atoms with Gasteiger partial charge in [0.05, 0.1) is 11.4 Å². The van der Waals surface area contributed by atoms with Crippen LogP contribution in [0.5, 0.6) is 5.88 Å². The lowest BCUT2D eigenvalue weighted by atomic mass is 10.1. The van der Waals surface area contributed by atoms with Crippen molar-refractivity contribution in [3.63, 3.8) is 0 Å². The van der Waals surface area contributed by atoms with E-state index < -0.39 is 0 Å². The molecule has 1 aliphatic heterocycles. The standard InChI is InChI=1S/C16H14N2O2/c19-15-14-9-4-10-17(14)16(20)18(15)13-8-3-6-11-5-1-2-7-12(11)13/h1-3,5-8,19H,4,9-10H2. The zero-order valence-electron chi connectivity index (χ0n) is 10.9. The van der Waals surface area contributed by atoms with Crippen LogP contribution in [-0.2, 0) is 13.0 Å². The van der Waals surface area contributed by atoms with E-state index in [0.29, 0.717) is 6.54 Å². The summed E-state index contributed by atoms with van der Waals surface area (Å²) in [6.45, 7) is 0.694. The molecule has 0 aliphatic carbocycles. The lowest BCUT2D eigenvalue weighted by Crippen LogP contribution is -2.22. The minimum atomic E-state index is -0.147. The lowest BCUT2D eigenvalue weighted by Gasteiger charge is -2.08. The molecular weight excluding hydrogens is 252 g/mol. The van der Waals surface area contributed by atoms with E-state index in [2.05, 4.69) is 0 Å². The topological polar surface area (TPSA) is 47.2 Å². The number of hydrogen-bond acceptors (Lipinski definition) is 2. The smallest absolute Gasteiger partial charge is 0.335 e. The molecule has 2 aromatic carbocycles. The number of nitrogens with zero attached hydrogens (tertiary/aromatic N) is 2. The van der Waals surface area contributed by atoms with Crippen LogP contribution in [0.15, 0.2) is 47.3 Å². The fraction of sp³-hybridized carbons (Fsp3) is 0.188. The van der Waals surface area contributed by atoms with Crippen molar-refractivity contribution < 1.29 is 5.11 Å². The van der Waals surface area contributed by atoms with Gasteiger partial charge in [-0.3, -0.25) is 4.57 Å². The zero-order chi connectivity index (χ0) is 13.7. The summed E-state index contributed by atoms with van der Waals surface area (Å²) in [7, 11) is 0. The number of benzene rings is 2. The maximum absolute atomic E-state index is 12.5. The highest BCUT2D eigenvalue weighted by molar-refractivity contribution is 5.90. The normalized spacial score (nSPS) is 13.8. The maximum atomic E-state index is 12.5.